The van der Waals surface area contributed by atoms with Gasteiger partial charge in [-0.25, -0.2) is 9.67 Å². The maximum absolute atomic E-state index is 13.0. The van der Waals surface area contributed by atoms with Crippen LogP contribution in [-0.4, -0.2) is 57.1 Å². The lowest BCUT2D eigenvalue weighted by atomic mass is 9.77. The number of nitriles is 1. The Morgan fingerprint density at radius 2 is 2.07 bits per heavy atom. The van der Waals surface area contributed by atoms with Crippen molar-refractivity contribution in [2.24, 2.45) is 11.8 Å². The first-order chi connectivity index (χ1) is 14.2. The fourth-order valence-electron chi connectivity index (χ4n) is 4.91. The molecular weight excluding hydrogens is 368 g/mol. The van der Waals surface area contributed by atoms with Crippen molar-refractivity contribution in [2.75, 3.05) is 20.2 Å². The van der Waals surface area contributed by atoms with Crippen molar-refractivity contribution in [2.45, 2.75) is 43.7 Å². The highest BCUT2D eigenvalue weighted by atomic mass is 16.5. The number of carbonyl (C=O) groups excluding carboxylic acids is 1. The van der Waals surface area contributed by atoms with Crippen LogP contribution in [0.15, 0.2) is 24.5 Å². The molecule has 1 saturated heterocycles. The van der Waals surface area contributed by atoms with Crippen LogP contribution in [0.1, 0.15) is 59.4 Å². The van der Waals surface area contributed by atoms with Crippen LogP contribution in [0.5, 0.6) is 0 Å². The number of fused-ring (bicyclic) bond motifs is 1. The van der Waals surface area contributed by atoms with Crippen molar-refractivity contribution in [3.05, 3.63) is 41.5 Å². The van der Waals surface area contributed by atoms with E-state index >= 15 is 0 Å². The van der Waals surface area contributed by atoms with Crippen LogP contribution < -0.4 is 0 Å². The van der Waals surface area contributed by atoms with Gasteiger partial charge in [0.15, 0.2) is 0 Å². The highest BCUT2D eigenvalue weighted by Crippen LogP contribution is 2.43. The number of hydrogen-bond donors (Lipinski definition) is 0. The summed E-state index contributed by atoms with van der Waals surface area (Å²) in [6.07, 6.45) is 7.95. The third-order valence-corrected chi connectivity index (χ3v) is 6.66. The molecule has 8 heteroatoms. The zero-order valence-corrected chi connectivity index (χ0v) is 16.4. The number of likely N-dealkylation sites (tertiary alicyclic amines) is 1. The summed E-state index contributed by atoms with van der Waals surface area (Å²) in [6, 6.07) is 5.41. The van der Waals surface area contributed by atoms with E-state index in [-0.39, 0.29) is 23.7 Å². The summed E-state index contributed by atoms with van der Waals surface area (Å²) in [4.78, 5) is 18.8. The van der Waals surface area contributed by atoms with Gasteiger partial charge >= 0.3 is 0 Å². The van der Waals surface area contributed by atoms with Gasteiger partial charge in [-0.3, -0.25) is 4.79 Å². The molecule has 1 aliphatic heterocycles. The van der Waals surface area contributed by atoms with E-state index in [1.807, 2.05) is 15.7 Å². The number of pyridine rings is 1. The molecule has 8 nitrogen and oxygen atoms in total. The number of rotatable bonds is 4. The molecule has 5 rings (SSSR count). The lowest BCUT2D eigenvalue weighted by Gasteiger charge is -2.36. The van der Waals surface area contributed by atoms with Gasteiger partial charge in [-0.15, -0.1) is 5.10 Å². The molecule has 0 aromatic carbocycles. The number of hydrogen-bond acceptors (Lipinski definition) is 6. The van der Waals surface area contributed by atoms with Gasteiger partial charge in [-0.05, 0) is 49.7 Å². The zero-order valence-electron chi connectivity index (χ0n) is 16.4. The van der Waals surface area contributed by atoms with Gasteiger partial charge in [0, 0.05) is 44.1 Å². The van der Waals surface area contributed by atoms with Gasteiger partial charge in [0.05, 0.1) is 17.8 Å². The molecule has 2 saturated carbocycles. The third kappa shape index (κ3) is 3.40. The van der Waals surface area contributed by atoms with Gasteiger partial charge in [0.1, 0.15) is 11.8 Å². The molecular formula is C21H24N6O2. The molecule has 3 aliphatic rings. The maximum atomic E-state index is 13.0. The number of methoxy groups -OCH3 is 1. The number of amides is 1. The highest BCUT2D eigenvalue weighted by molar-refractivity contribution is 5.94. The van der Waals surface area contributed by atoms with Gasteiger partial charge < -0.3 is 9.64 Å². The first-order valence-corrected chi connectivity index (χ1v) is 10.3. The molecule has 0 unspecified atom stereocenters. The molecule has 29 heavy (non-hydrogen) atoms. The van der Waals surface area contributed by atoms with E-state index in [4.69, 9.17) is 10.00 Å². The Hall–Kier alpha value is -2.79. The molecule has 150 valence electrons. The molecule has 2 aromatic rings. The summed E-state index contributed by atoms with van der Waals surface area (Å²) in [5, 5.41) is 17.8. The maximum Gasteiger partial charge on any atom is 0.254 e. The summed E-state index contributed by atoms with van der Waals surface area (Å²) >= 11 is 0. The van der Waals surface area contributed by atoms with E-state index in [1.54, 1.807) is 19.2 Å². The Balaban J connectivity index is 1.32. The van der Waals surface area contributed by atoms with Crippen molar-refractivity contribution >= 4 is 5.91 Å². The standard InChI is InChI=1S/C21H24N6O2/c1-29-20-8-16-11-26(21(28)14-4-5-23-17(6-14)9-22)10-15(16)7-19(20)27-12-18(24-25-27)13-2-3-13/h4-6,12-13,15-16,19-20H,2-3,7-8,10-11H2,1H3/t15-,16+,19-,20-/m1/s1. The SMILES string of the molecule is CO[C@@H]1C[C@H]2CN(C(=O)c3ccnc(C#N)c3)C[C@H]2C[C@H]1n1cc(C2CC2)nn1. The van der Waals surface area contributed by atoms with Crippen molar-refractivity contribution in [3.63, 3.8) is 0 Å². The van der Waals surface area contributed by atoms with E-state index in [1.165, 1.54) is 19.0 Å². The van der Waals surface area contributed by atoms with Crippen molar-refractivity contribution in [1.29, 1.82) is 5.26 Å². The predicted molar refractivity (Wildman–Crippen MR) is 103 cm³/mol. The third-order valence-electron chi connectivity index (χ3n) is 6.66. The average Bonchev–Trinajstić information content (AvgIpc) is 3.34. The molecule has 1 amide bonds. The summed E-state index contributed by atoms with van der Waals surface area (Å²) < 4.78 is 7.82. The normalized spacial score (nSPS) is 28.8. The van der Waals surface area contributed by atoms with E-state index in [2.05, 4.69) is 21.5 Å². The molecule has 3 fully saturated rings. The quantitative estimate of drug-likeness (QED) is 0.791. The smallest absolute Gasteiger partial charge is 0.254 e. The van der Waals surface area contributed by atoms with Crippen molar-refractivity contribution in [1.82, 2.24) is 24.9 Å². The summed E-state index contributed by atoms with van der Waals surface area (Å²) in [5.41, 5.74) is 1.89. The summed E-state index contributed by atoms with van der Waals surface area (Å²) in [6.45, 7) is 1.45. The minimum atomic E-state index is -0.0272. The Kier molecular flexibility index (Phi) is 4.55. The second-order valence-corrected chi connectivity index (χ2v) is 8.48. The number of ether oxygens (including phenoxy) is 1. The average molecular weight is 392 g/mol. The van der Waals surface area contributed by atoms with Crippen LogP contribution in [0, 0.1) is 23.2 Å². The molecule has 4 atom stereocenters. The lowest BCUT2D eigenvalue weighted by Crippen LogP contribution is -2.37. The van der Waals surface area contributed by atoms with Crippen LogP contribution in [0.4, 0.5) is 0 Å². The topological polar surface area (TPSA) is 96.9 Å². The number of carbonyl (C=O) groups is 1. The molecule has 2 aromatic heterocycles. The number of aromatic nitrogens is 4. The Morgan fingerprint density at radius 1 is 1.28 bits per heavy atom. The van der Waals surface area contributed by atoms with Crippen LogP contribution in [0.25, 0.3) is 0 Å². The Labute approximate surface area is 169 Å². The van der Waals surface area contributed by atoms with Crippen molar-refractivity contribution < 1.29 is 9.53 Å². The molecule has 0 N–H and O–H groups in total. The second kappa shape index (κ2) is 7.23. The monoisotopic (exact) mass is 392 g/mol. The van der Waals surface area contributed by atoms with Crippen LogP contribution >= 0.6 is 0 Å². The zero-order chi connectivity index (χ0) is 20.0. The fourth-order valence-corrected chi connectivity index (χ4v) is 4.91. The van der Waals surface area contributed by atoms with Crippen molar-refractivity contribution in [3.8, 4) is 6.07 Å². The van der Waals surface area contributed by atoms with Crippen LogP contribution in [0.2, 0.25) is 0 Å². The first kappa shape index (κ1) is 18.3. The van der Waals surface area contributed by atoms with Crippen LogP contribution in [0.3, 0.4) is 0 Å². The second-order valence-electron chi connectivity index (χ2n) is 8.48. The van der Waals surface area contributed by atoms with E-state index in [9.17, 15) is 4.79 Å². The predicted octanol–water partition coefficient (Wildman–Crippen LogP) is 2.16. The van der Waals surface area contributed by atoms with E-state index in [0.717, 1.165) is 31.6 Å². The van der Waals surface area contributed by atoms with Gasteiger partial charge in [-0.1, -0.05) is 5.21 Å². The molecule has 0 spiro atoms. The minimum absolute atomic E-state index is 0.0272. The Morgan fingerprint density at radius 3 is 2.79 bits per heavy atom. The van der Waals surface area contributed by atoms with E-state index in [0.29, 0.717) is 23.3 Å². The highest BCUT2D eigenvalue weighted by Gasteiger charge is 2.45. The summed E-state index contributed by atoms with van der Waals surface area (Å²) in [5.74, 6) is 1.39. The fraction of sp³-hybridized carbons (Fsp3) is 0.571. The van der Waals surface area contributed by atoms with Crippen LogP contribution in [-0.2, 0) is 4.74 Å². The van der Waals surface area contributed by atoms with E-state index < -0.39 is 0 Å². The molecule has 3 heterocycles. The van der Waals surface area contributed by atoms with Gasteiger partial charge in [0.25, 0.3) is 5.91 Å². The van der Waals surface area contributed by atoms with Gasteiger partial charge in [0.2, 0.25) is 0 Å². The molecule has 0 radical (unpaired) electrons. The first-order valence-electron chi connectivity index (χ1n) is 10.3. The number of nitrogens with zero attached hydrogens (tertiary/aromatic N) is 6. The largest absolute Gasteiger partial charge is 0.379 e. The molecule has 0 bridgehead atoms. The summed E-state index contributed by atoms with van der Waals surface area (Å²) in [7, 11) is 1.76. The lowest BCUT2D eigenvalue weighted by molar-refractivity contribution is -0.00546. The van der Waals surface area contributed by atoms with Gasteiger partial charge in [-0.2, -0.15) is 5.26 Å². The molecule has 2 aliphatic carbocycles. The Bertz CT molecular complexity index is 962. The minimum Gasteiger partial charge on any atom is -0.379 e.